The van der Waals surface area contributed by atoms with E-state index in [1.807, 2.05) is 0 Å². The largest absolute Gasteiger partial charge is 0.407 e. The number of hydrazine groups is 1. The van der Waals surface area contributed by atoms with E-state index in [-0.39, 0.29) is 5.82 Å². The van der Waals surface area contributed by atoms with Gasteiger partial charge in [-0.3, -0.25) is 9.99 Å². The lowest BCUT2D eigenvalue weighted by molar-refractivity contribution is -0.388. The van der Waals surface area contributed by atoms with E-state index < -0.39 is 4.92 Å². The van der Waals surface area contributed by atoms with Gasteiger partial charge in [0, 0.05) is 21.1 Å². The number of hydrogen-bond donors (Lipinski definition) is 1. The van der Waals surface area contributed by atoms with Crippen LogP contribution in [0.5, 0.6) is 0 Å². The van der Waals surface area contributed by atoms with Crippen molar-refractivity contribution in [1.82, 2.24) is 14.6 Å². The van der Waals surface area contributed by atoms with Crippen LogP contribution in [0.15, 0.2) is 6.33 Å². The molecule has 0 aliphatic rings. The van der Waals surface area contributed by atoms with Crippen LogP contribution in [-0.2, 0) is 7.05 Å². The van der Waals surface area contributed by atoms with Crippen molar-refractivity contribution in [2.75, 3.05) is 19.5 Å². The van der Waals surface area contributed by atoms with E-state index >= 15 is 0 Å². The Morgan fingerprint density at radius 2 is 2.31 bits per heavy atom. The fraction of sp³-hybridized carbons (Fsp3) is 0.500. The molecule has 0 saturated carbocycles. The first-order valence-electron chi connectivity index (χ1n) is 3.62. The van der Waals surface area contributed by atoms with Crippen LogP contribution in [0.2, 0.25) is 0 Å². The summed E-state index contributed by atoms with van der Waals surface area (Å²) < 4.78 is 1.55. The molecule has 0 spiro atoms. The lowest BCUT2D eigenvalue weighted by Crippen LogP contribution is -2.21. The zero-order chi connectivity index (χ0) is 10.0. The molecule has 13 heavy (non-hydrogen) atoms. The number of anilines is 1. The van der Waals surface area contributed by atoms with Gasteiger partial charge in [-0.1, -0.05) is 0 Å². The molecule has 1 heterocycles. The smallest absolute Gasteiger partial charge is 0.358 e. The molecule has 0 saturated heterocycles. The summed E-state index contributed by atoms with van der Waals surface area (Å²) >= 11 is 0. The van der Waals surface area contributed by atoms with Crippen LogP contribution in [0, 0.1) is 10.1 Å². The molecule has 7 nitrogen and oxygen atoms in total. The maximum absolute atomic E-state index is 10.5. The minimum absolute atomic E-state index is 0.170. The quantitative estimate of drug-likeness (QED) is 0.538. The predicted octanol–water partition coefficient (Wildman–Crippen LogP) is 0.217. The highest BCUT2D eigenvalue weighted by molar-refractivity contribution is 5.51. The lowest BCUT2D eigenvalue weighted by atomic mass is 10.6. The molecule has 0 aliphatic carbocycles. The topological polar surface area (TPSA) is 76.2 Å². The standard InChI is InChI=1S/C6H11N5O2/c1-9(2)8-6-5(11(12)13)7-4-10(6)3/h4,8H,1-3H3. The van der Waals surface area contributed by atoms with Gasteiger partial charge in [0.2, 0.25) is 12.1 Å². The van der Waals surface area contributed by atoms with Gasteiger partial charge in [-0.2, -0.15) is 0 Å². The monoisotopic (exact) mass is 185 g/mol. The highest BCUT2D eigenvalue weighted by Gasteiger charge is 2.19. The van der Waals surface area contributed by atoms with E-state index in [1.165, 1.54) is 6.33 Å². The molecule has 0 amide bonds. The average Bonchev–Trinajstić information content (AvgIpc) is 2.32. The average molecular weight is 185 g/mol. The highest BCUT2D eigenvalue weighted by atomic mass is 16.6. The number of nitrogens with zero attached hydrogens (tertiary/aromatic N) is 4. The van der Waals surface area contributed by atoms with E-state index in [9.17, 15) is 10.1 Å². The third-order valence-corrected chi connectivity index (χ3v) is 1.42. The SMILES string of the molecule is CN(C)Nc1c([N+](=O)[O-])ncn1C. The molecule has 0 aliphatic heterocycles. The van der Waals surface area contributed by atoms with Crippen molar-refractivity contribution in [1.29, 1.82) is 0 Å². The van der Waals surface area contributed by atoms with E-state index in [4.69, 9.17) is 0 Å². The van der Waals surface area contributed by atoms with Gasteiger partial charge in [0.05, 0.1) is 0 Å². The first-order valence-corrected chi connectivity index (χ1v) is 3.62. The van der Waals surface area contributed by atoms with Crippen molar-refractivity contribution in [3.8, 4) is 0 Å². The number of hydrogen-bond acceptors (Lipinski definition) is 5. The number of nitro groups is 1. The van der Waals surface area contributed by atoms with E-state index in [1.54, 1.807) is 30.7 Å². The Balaban J connectivity index is 3.01. The van der Waals surface area contributed by atoms with Crippen molar-refractivity contribution in [3.63, 3.8) is 0 Å². The van der Waals surface area contributed by atoms with Gasteiger partial charge in [-0.15, -0.1) is 0 Å². The third kappa shape index (κ3) is 1.94. The van der Waals surface area contributed by atoms with Crippen molar-refractivity contribution in [3.05, 3.63) is 16.4 Å². The Hall–Kier alpha value is -1.63. The summed E-state index contributed by atoms with van der Waals surface area (Å²) in [6, 6.07) is 0. The Morgan fingerprint density at radius 1 is 1.69 bits per heavy atom. The molecule has 72 valence electrons. The van der Waals surface area contributed by atoms with Gasteiger partial charge in [0.15, 0.2) is 0 Å². The zero-order valence-electron chi connectivity index (χ0n) is 7.68. The predicted molar refractivity (Wildman–Crippen MR) is 47.2 cm³/mol. The summed E-state index contributed by atoms with van der Waals surface area (Å²) in [6.07, 6.45) is 1.39. The van der Waals surface area contributed by atoms with Gasteiger partial charge in [-0.05, 0) is 9.91 Å². The number of rotatable bonds is 3. The Labute approximate surface area is 75.1 Å². The van der Waals surface area contributed by atoms with Gasteiger partial charge in [0.1, 0.15) is 0 Å². The minimum Gasteiger partial charge on any atom is -0.358 e. The summed E-state index contributed by atoms with van der Waals surface area (Å²) in [5, 5.41) is 12.1. The summed E-state index contributed by atoms with van der Waals surface area (Å²) in [4.78, 5) is 13.6. The summed E-state index contributed by atoms with van der Waals surface area (Å²) in [5.41, 5.74) is 2.80. The summed E-state index contributed by atoms with van der Waals surface area (Å²) in [6.45, 7) is 0. The molecule has 7 heteroatoms. The second-order valence-electron chi connectivity index (χ2n) is 2.79. The van der Waals surface area contributed by atoms with Gasteiger partial charge < -0.3 is 10.1 Å². The Kier molecular flexibility index (Phi) is 2.47. The number of imidazole rings is 1. The molecule has 0 unspecified atom stereocenters. The van der Waals surface area contributed by atoms with E-state index in [0.29, 0.717) is 5.82 Å². The van der Waals surface area contributed by atoms with Crippen molar-refractivity contribution < 1.29 is 4.92 Å². The highest BCUT2D eigenvalue weighted by Crippen LogP contribution is 2.20. The molecule has 0 fully saturated rings. The number of aryl methyl sites for hydroxylation is 1. The molecule has 0 aromatic carbocycles. The van der Waals surface area contributed by atoms with Crippen LogP contribution >= 0.6 is 0 Å². The molecule has 0 bridgehead atoms. The molecule has 1 rings (SSSR count). The molecule has 0 atom stereocenters. The van der Waals surface area contributed by atoms with E-state index in [2.05, 4.69) is 10.4 Å². The third-order valence-electron chi connectivity index (χ3n) is 1.42. The normalized spacial score (nSPS) is 10.5. The van der Waals surface area contributed by atoms with Crippen molar-refractivity contribution in [2.45, 2.75) is 0 Å². The van der Waals surface area contributed by atoms with Gasteiger partial charge in [-0.25, -0.2) is 5.01 Å². The van der Waals surface area contributed by atoms with Gasteiger partial charge in [0.25, 0.3) is 0 Å². The Bertz CT molecular complexity index is 319. The first kappa shape index (κ1) is 9.46. The fourth-order valence-corrected chi connectivity index (χ4v) is 0.892. The van der Waals surface area contributed by atoms with Crippen LogP contribution in [0.1, 0.15) is 0 Å². The molecular weight excluding hydrogens is 174 g/mol. The zero-order valence-corrected chi connectivity index (χ0v) is 7.68. The second-order valence-corrected chi connectivity index (χ2v) is 2.79. The van der Waals surface area contributed by atoms with Crippen LogP contribution in [-0.4, -0.2) is 33.6 Å². The van der Waals surface area contributed by atoms with Crippen LogP contribution in [0.25, 0.3) is 0 Å². The number of aromatic nitrogens is 2. The Morgan fingerprint density at radius 3 is 2.77 bits per heavy atom. The van der Waals surface area contributed by atoms with E-state index in [0.717, 1.165) is 0 Å². The van der Waals surface area contributed by atoms with Crippen LogP contribution in [0.4, 0.5) is 11.6 Å². The van der Waals surface area contributed by atoms with Crippen LogP contribution in [0.3, 0.4) is 0 Å². The number of nitrogens with one attached hydrogen (secondary N) is 1. The van der Waals surface area contributed by atoms with Crippen molar-refractivity contribution >= 4 is 11.6 Å². The van der Waals surface area contributed by atoms with Crippen LogP contribution < -0.4 is 5.43 Å². The maximum Gasteiger partial charge on any atom is 0.407 e. The first-order chi connectivity index (χ1) is 6.02. The maximum atomic E-state index is 10.5. The molecule has 1 aromatic rings. The minimum atomic E-state index is -0.522. The molecular formula is C6H11N5O2. The van der Waals surface area contributed by atoms with Gasteiger partial charge >= 0.3 is 5.82 Å². The second kappa shape index (κ2) is 3.40. The summed E-state index contributed by atoms with van der Waals surface area (Å²) in [7, 11) is 5.18. The lowest BCUT2D eigenvalue weighted by Gasteiger charge is -2.12. The molecule has 1 aromatic heterocycles. The molecule has 1 N–H and O–H groups in total. The molecule has 0 radical (unpaired) electrons. The summed E-state index contributed by atoms with van der Waals surface area (Å²) in [5.74, 6) is 0.200. The van der Waals surface area contributed by atoms with Crippen molar-refractivity contribution in [2.24, 2.45) is 7.05 Å². The fourth-order valence-electron chi connectivity index (χ4n) is 0.892.